The summed E-state index contributed by atoms with van der Waals surface area (Å²) >= 11 is 6.46. The summed E-state index contributed by atoms with van der Waals surface area (Å²) in [5.41, 5.74) is 4.83. The second-order valence-corrected chi connectivity index (χ2v) is 11.3. The molecule has 2 aromatic heterocycles. The highest BCUT2D eigenvalue weighted by molar-refractivity contribution is 6.33. The molecule has 0 saturated carbocycles. The van der Waals surface area contributed by atoms with Crippen molar-refractivity contribution in [3.05, 3.63) is 57.8 Å². The van der Waals surface area contributed by atoms with Gasteiger partial charge in [0.05, 0.1) is 46.7 Å². The molecule has 0 atom stereocenters. The summed E-state index contributed by atoms with van der Waals surface area (Å²) in [5.74, 6) is 4.31. The van der Waals surface area contributed by atoms with Crippen molar-refractivity contribution in [2.24, 2.45) is 11.7 Å². The van der Waals surface area contributed by atoms with E-state index in [2.05, 4.69) is 42.6 Å². The highest BCUT2D eigenvalue weighted by Crippen LogP contribution is 2.37. The molecule has 0 aliphatic carbocycles. The number of benzene rings is 1. The first-order valence-electron chi connectivity index (χ1n) is 14.8. The number of aromatic amines is 2. The van der Waals surface area contributed by atoms with Crippen LogP contribution in [0.1, 0.15) is 50.8 Å². The third kappa shape index (κ3) is 7.52. The van der Waals surface area contributed by atoms with Gasteiger partial charge in [0.15, 0.2) is 11.5 Å². The maximum atomic E-state index is 13.6. The molecule has 0 bridgehead atoms. The molecule has 4 heterocycles. The molecule has 3 amide bonds. The van der Waals surface area contributed by atoms with E-state index in [1.54, 1.807) is 23.1 Å². The molecule has 2 saturated heterocycles. The molecule has 2 aliphatic rings. The standard InChI is InChI=1S/C30H33ClF3N9O3/c31-21-15-18(4-5-20(21)29(46)43-13-11-42(12-14-43)28(45)19-6-9-36-10-7-19)16-38-27(44)26-37-17-23(39-26)24-22(3-1-2-8-35)40-41-25(24)30(32,33)34/h4-5,15,17,19,36H,3,6-14,16,35H2,(H,37,39)(H,38,44)(H,40,41). The van der Waals surface area contributed by atoms with E-state index in [0.717, 1.165) is 32.1 Å². The molecule has 6 N–H and O–H groups in total. The number of nitrogens with zero attached hydrogens (tertiary/aromatic N) is 4. The Labute approximate surface area is 267 Å². The predicted octanol–water partition coefficient (Wildman–Crippen LogP) is 2.19. The topological polar surface area (TPSA) is 165 Å². The number of nitrogens with two attached hydrogens (primary N) is 1. The number of piperidine rings is 1. The molecule has 0 radical (unpaired) electrons. The molecular formula is C30H33ClF3N9O3. The maximum absolute atomic E-state index is 13.6. The number of piperazine rings is 1. The number of hydrogen-bond donors (Lipinski definition) is 5. The minimum atomic E-state index is -4.76. The van der Waals surface area contributed by atoms with Gasteiger partial charge < -0.3 is 31.2 Å². The lowest BCUT2D eigenvalue weighted by Gasteiger charge is -2.37. The van der Waals surface area contributed by atoms with Gasteiger partial charge >= 0.3 is 6.18 Å². The number of amides is 3. The van der Waals surface area contributed by atoms with Crippen molar-refractivity contribution in [1.82, 2.24) is 40.6 Å². The summed E-state index contributed by atoms with van der Waals surface area (Å²) in [6, 6.07) is 4.80. The van der Waals surface area contributed by atoms with E-state index in [-0.39, 0.29) is 65.0 Å². The Kier molecular flexibility index (Phi) is 10.3. The van der Waals surface area contributed by atoms with Crippen molar-refractivity contribution in [1.29, 1.82) is 0 Å². The molecule has 3 aromatic rings. The van der Waals surface area contributed by atoms with E-state index in [0.29, 0.717) is 37.3 Å². The van der Waals surface area contributed by atoms with E-state index >= 15 is 0 Å². The molecule has 2 fully saturated rings. The van der Waals surface area contributed by atoms with Crippen LogP contribution in [0, 0.1) is 17.8 Å². The smallest absolute Gasteiger partial charge is 0.345 e. The lowest BCUT2D eigenvalue weighted by Crippen LogP contribution is -2.52. The van der Waals surface area contributed by atoms with Crippen LogP contribution in [0.15, 0.2) is 24.4 Å². The summed E-state index contributed by atoms with van der Waals surface area (Å²) in [6.45, 7) is 3.47. The number of alkyl halides is 3. The average Bonchev–Trinajstić information content (AvgIpc) is 3.71. The largest absolute Gasteiger partial charge is 0.435 e. The summed E-state index contributed by atoms with van der Waals surface area (Å²) < 4.78 is 40.9. The van der Waals surface area contributed by atoms with Gasteiger partial charge in [0.25, 0.3) is 11.8 Å². The Balaban J connectivity index is 1.18. The fraction of sp³-hybridized carbons (Fsp3) is 0.433. The van der Waals surface area contributed by atoms with Gasteiger partial charge in [0.2, 0.25) is 5.91 Å². The van der Waals surface area contributed by atoms with Crippen LogP contribution in [0.3, 0.4) is 0 Å². The quantitative estimate of drug-likeness (QED) is 0.243. The summed E-state index contributed by atoms with van der Waals surface area (Å²) in [5, 5.41) is 11.9. The zero-order chi connectivity index (χ0) is 32.8. The van der Waals surface area contributed by atoms with Crippen LogP contribution in [-0.4, -0.2) is 93.5 Å². The summed E-state index contributed by atoms with van der Waals surface area (Å²) in [4.78, 5) is 48.9. The zero-order valence-corrected chi connectivity index (χ0v) is 25.5. The second-order valence-electron chi connectivity index (χ2n) is 10.9. The Bertz CT molecular complexity index is 1650. The number of nitrogens with one attached hydrogen (secondary N) is 4. The summed E-state index contributed by atoms with van der Waals surface area (Å²) in [7, 11) is 0. The number of carbonyl (C=O) groups is 3. The Morgan fingerprint density at radius 3 is 2.48 bits per heavy atom. The van der Waals surface area contributed by atoms with Crippen molar-refractivity contribution in [2.45, 2.75) is 32.0 Å². The van der Waals surface area contributed by atoms with Crippen LogP contribution >= 0.6 is 11.6 Å². The fourth-order valence-corrected chi connectivity index (χ4v) is 5.81. The Morgan fingerprint density at radius 1 is 1.09 bits per heavy atom. The minimum absolute atomic E-state index is 0.0139. The lowest BCUT2D eigenvalue weighted by molar-refractivity contribution is -0.140. The van der Waals surface area contributed by atoms with Crippen LogP contribution in [0.2, 0.25) is 5.02 Å². The predicted molar refractivity (Wildman–Crippen MR) is 162 cm³/mol. The van der Waals surface area contributed by atoms with E-state index in [9.17, 15) is 27.6 Å². The van der Waals surface area contributed by atoms with E-state index in [4.69, 9.17) is 17.3 Å². The van der Waals surface area contributed by atoms with Crippen LogP contribution in [0.25, 0.3) is 11.3 Å². The molecule has 16 heteroatoms. The highest BCUT2D eigenvalue weighted by Gasteiger charge is 2.39. The van der Waals surface area contributed by atoms with E-state index in [1.165, 1.54) is 0 Å². The van der Waals surface area contributed by atoms with Crippen LogP contribution in [0.4, 0.5) is 13.2 Å². The number of hydrogen-bond acceptors (Lipinski definition) is 7. The van der Waals surface area contributed by atoms with Crippen LogP contribution in [-0.2, 0) is 23.9 Å². The molecule has 2 aliphatic heterocycles. The van der Waals surface area contributed by atoms with Gasteiger partial charge in [-0.3, -0.25) is 19.5 Å². The normalized spacial score (nSPS) is 15.8. The Hall–Kier alpha value is -4.39. The van der Waals surface area contributed by atoms with Crippen molar-refractivity contribution in [3.63, 3.8) is 0 Å². The molecule has 12 nitrogen and oxygen atoms in total. The van der Waals surface area contributed by atoms with Gasteiger partial charge in [-0.1, -0.05) is 29.5 Å². The van der Waals surface area contributed by atoms with Gasteiger partial charge in [-0.2, -0.15) is 18.3 Å². The number of halogens is 4. The fourth-order valence-electron chi connectivity index (χ4n) is 5.52. The number of carbonyl (C=O) groups excluding carboxylic acids is 3. The van der Waals surface area contributed by atoms with Gasteiger partial charge in [-0.05, 0) is 43.6 Å². The molecule has 5 rings (SSSR count). The molecule has 244 valence electrons. The third-order valence-corrected chi connectivity index (χ3v) is 8.26. The molecule has 0 unspecified atom stereocenters. The zero-order valence-electron chi connectivity index (χ0n) is 24.8. The SMILES string of the molecule is NCC#CCc1[nH]nc(C(F)(F)F)c1-c1cnc(C(=O)NCc2ccc(C(=O)N3CCN(C(=O)C4CCNCC4)CC3)c(Cl)c2)[nH]1. The van der Waals surface area contributed by atoms with Crippen LogP contribution < -0.4 is 16.4 Å². The molecule has 0 spiro atoms. The van der Waals surface area contributed by atoms with Gasteiger partial charge in [-0.25, -0.2) is 4.98 Å². The molecule has 1 aromatic carbocycles. The van der Waals surface area contributed by atoms with Gasteiger partial charge in [0.1, 0.15) is 0 Å². The number of aromatic nitrogens is 4. The van der Waals surface area contributed by atoms with Crippen LogP contribution in [0.5, 0.6) is 0 Å². The number of imidazole rings is 1. The monoisotopic (exact) mass is 659 g/mol. The lowest BCUT2D eigenvalue weighted by atomic mass is 9.96. The first-order chi connectivity index (χ1) is 22.1. The minimum Gasteiger partial charge on any atom is -0.345 e. The van der Waals surface area contributed by atoms with E-state index < -0.39 is 17.8 Å². The highest BCUT2D eigenvalue weighted by atomic mass is 35.5. The van der Waals surface area contributed by atoms with E-state index in [1.807, 2.05) is 4.90 Å². The average molecular weight is 660 g/mol. The first kappa shape index (κ1) is 33.0. The second kappa shape index (κ2) is 14.4. The maximum Gasteiger partial charge on any atom is 0.435 e. The van der Waals surface area contributed by atoms with Gasteiger partial charge in [0, 0.05) is 38.6 Å². The van der Waals surface area contributed by atoms with Crippen molar-refractivity contribution in [2.75, 3.05) is 45.8 Å². The van der Waals surface area contributed by atoms with Crippen molar-refractivity contribution < 1.29 is 27.6 Å². The van der Waals surface area contributed by atoms with Crippen molar-refractivity contribution in [3.8, 4) is 23.1 Å². The summed E-state index contributed by atoms with van der Waals surface area (Å²) in [6.07, 6.45) is -2.06. The first-order valence-corrected chi connectivity index (χ1v) is 15.2. The van der Waals surface area contributed by atoms with Crippen molar-refractivity contribution >= 4 is 29.3 Å². The number of rotatable bonds is 7. The molecular weight excluding hydrogens is 627 g/mol. The van der Waals surface area contributed by atoms with Gasteiger partial charge in [-0.15, -0.1) is 0 Å². The third-order valence-electron chi connectivity index (χ3n) is 7.95. The number of H-pyrrole nitrogens is 2. The Morgan fingerprint density at radius 2 is 1.80 bits per heavy atom. The molecule has 46 heavy (non-hydrogen) atoms.